The second kappa shape index (κ2) is 7.89. The van der Waals surface area contributed by atoms with Crippen molar-refractivity contribution in [3.63, 3.8) is 0 Å². The number of amides is 1. The molecule has 0 bridgehead atoms. The first-order chi connectivity index (χ1) is 12.2. The van der Waals surface area contributed by atoms with Gasteiger partial charge in [0, 0.05) is 44.4 Å². The highest BCUT2D eigenvalue weighted by atomic mass is 35.5. The molecule has 136 valence electrons. The summed E-state index contributed by atoms with van der Waals surface area (Å²) >= 11 is 0. The number of nitrogens with zero attached hydrogens (tertiary/aromatic N) is 2. The molecule has 2 heterocycles. The fraction of sp³-hybridized carbons (Fsp3) is 0.300. The maximum atomic E-state index is 12.8. The van der Waals surface area contributed by atoms with Crippen LogP contribution in [-0.4, -0.2) is 41.1 Å². The van der Waals surface area contributed by atoms with E-state index in [1.54, 1.807) is 4.90 Å². The Morgan fingerprint density at radius 3 is 2.88 bits per heavy atom. The first-order valence-corrected chi connectivity index (χ1v) is 8.73. The number of aromatic nitrogens is 2. The van der Waals surface area contributed by atoms with Crippen molar-refractivity contribution in [1.29, 1.82) is 0 Å². The monoisotopic (exact) mass is 370 g/mol. The molecule has 2 aromatic carbocycles. The van der Waals surface area contributed by atoms with Gasteiger partial charge < -0.3 is 10.2 Å². The first kappa shape index (κ1) is 18.4. The van der Waals surface area contributed by atoms with Crippen LogP contribution in [0.2, 0.25) is 0 Å². The van der Waals surface area contributed by atoms with Crippen LogP contribution < -0.4 is 5.32 Å². The molecule has 1 aromatic heterocycles. The van der Waals surface area contributed by atoms with Crippen LogP contribution in [0.1, 0.15) is 27.3 Å². The van der Waals surface area contributed by atoms with Crippen LogP contribution in [0.15, 0.2) is 42.5 Å². The minimum absolute atomic E-state index is 0. The minimum atomic E-state index is -0.0126. The number of hydrogen-bond donors (Lipinski definition) is 2. The third-order valence-electron chi connectivity index (χ3n) is 4.95. The van der Waals surface area contributed by atoms with E-state index < -0.39 is 0 Å². The number of aromatic amines is 1. The number of rotatable bonds is 4. The van der Waals surface area contributed by atoms with Crippen molar-refractivity contribution in [1.82, 2.24) is 20.4 Å². The minimum Gasteiger partial charge on any atom is -0.340 e. The summed E-state index contributed by atoms with van der Waals surface area (Å²) in [5.41, 5.74) is 3.93. The number of nitrogens with one attached hydrogen (secondary N) is 2. The van der Waals surface area contributed by atoms with Gasteiger partial charge in [0.15, 0.2) is 5.69 Å². The van der Waals surface area contributed by atoms with Crippen LogP contribution in [0.25, 0.3) is 10.8 Å². The number of fused-ring (bicyclic) bond motifs is 2. The second-order valence-electron chi connectivity index (χ2n) is 6.57. The molecule has 0 radical (unpaired) electrons. The zero-order valence-electron chi connectivity index (χ0n) is 14.8. The Kier molecular flexibility index (Phi) is 5.59. The van der Waals surface area contributed by atoms with E-state index >= 15 is 0 Å². The zero-order valence-corrected chi connectivity index (χ0v) is 15.6. The average Bonchev–Trinajstić information content (AvgIpc) is 3.09. The summed E-state index contributed by atoms with van der Waals surface area (Å²) in [5.74, 6) is -0.0126. The number of H-pyrrole nitrogens is 1. The molecule has 0 saturated carbocycles. The lowest BCUT2D eigenvalue weighted by Gasteiger charge is -2.18. The van der Waals surface area contributed by atoms with Crippen LogP contribution in [0.3, 0.4) is 0 Å². The third-order valence-corrected chi connectivity index (χ3v) is 4.95. The molecule has 0 spiro atoms. The normalized spacial score (nSPS) is 13.1. The molecule has 0 unspecified atom stereocenters. The SMILES string of the molecule is CN(CCc1cccc2ccccc12)C(=O)c1n[nH]c2c1CNCC2.Cl. The van der Waals surface area contributed by atoms with Gasteiger partial charge in [0.05, 0.1) is 0 Å². The number of benzene rings is 2. The molecule has 4 rings (SSSR count). The molecule has 0 fully saturated rings. The van der Waals surface area contributed by atoms with Gasteiger partial charge in [0.2, 0.25) is 0 Å². The Bertz CT molecular complexity index is 916. The van der Waals surface area contributed by atoms with Crippen LogP contribution in [-0.2, 0) is 19.4 Å². The average molecular weight is 371 g/mol. The molecule has 5 nitrogen and oxygen atoms in total. The van der Waals surface area contributed by atoms with E-state index in [2.05, 4.69) is 58.0 Å². The first-order valence-electron chi connectivity index (χ1n) is 8.73. The Morgan fingerprint density at radius 2 is 2.00 bits per heavy atom. The van der Waals surface area contributed by atoms with E-state index in [1.807, 2.05) is 7.05 Å². The van der Waals surface area contributed by atoms with Gasteiger partial charge in [0.25, 0.3) is 5.91 Å². The van der Waals surface area contributed by atoms with Crippen molar-refractivity contribution in [2.45, 2.75) is 19.4 Å². The molecule has 6 heteroatoms. The van der Waals surface area contributed by atoms with Crippen molar-refractivity contribution >= 4 is 29.1 Å². The van der Waals surface area contributed by atoms with Gasteiger partial charge in [-0.25, -0.2) is 0 Å². The fourth-order valence-electron chi connectivity index (χ4n) is 3.48. The number of hydrogen-bond acceptors (Lipinski definition) is 3. The lowest BCUT2D eigenvalue weighted by Crippen LogP contribution is -2.31. The van der Waals surface area contributed by atoms with Gasteiger partial charge in [0.1, 0.15) is 0 Å². The summed E-state index contributed by atoms with van der Waals surface area (Å²) in [5, 5.41) is 13.1. The molecular formula is C20H23ClN4O. The maximum Gasteiger partial charge on any atom is 0.274 e. The number of carbonyl (C=O) groups is 1. The summed E-state index contributed by atoms with van der Waals surface area (Å²) in [6, 6.07) is 14.7. The molecule has 26 heavy (non-hydrogen) atoms. The predicted octanol–water partition coefficient (Wildman–Crippen LogP) is 2.95. The summed E-state index contributed by atoms with van der Waals surface area (Å²) in [6.45, 7) is 2.31. The van der Waals surface area contributed by atoms with Crippen LogP contribution in [0, 0.1) is 0 Å². The Labute approximate surface area is 159 Å². The molecule has 0 atom stereocenters. The van der Waals surface area contributed by atoms with Crippen LogP contribution >= 0.6 is 12.4 Å². The number of likely N-dealkylation sites (N-methyl/N-ethyl adjacent to an activating group) is 1. The van der Waals surface area contributed by atoms with Crippen LogP contribution in [0.4, 0.5) is 0 Å². The van der Waals surface area contributed by atoms with Gasteiger partial charge in [-0.3, -0.25) is 9.89 Å². The number of halogens is 1. The Morgan fingerprint density at radius 1 is 1.19 bits per heavy atom. The summed E-state index contributed by atoms with van der Waals surface area (Å²) in [6.07, 6.45) is 1.73. The van der Waals surface area contributed by atoms with E-state index in [1.165, 1.54) is 16.3 Å². The molecule has 3 aromatic rings. The van der Waals surface area contributed by atoms with Gasteiger partial charge >= 0.3 is 0 Å². The van der Waals surface area contributed by atoms with Crippen LogP contribution in [0.5, 0.6) is 0 Å². The molecule has 1 aliphatic rings. The lowest BCUT2D eigenvalue weighted by molar-refractivity contribution is 0.0789. The molecule has 1 amide bonds. The molecule has 1 aliphatic heterocycles. The van der Waals surface area contributed by atoms with Gasteiger partial charge in [-0.1, -0.05) is 42.5 Å². The van der Waals surface area contributed by atoms with Crippen molar-refractivity contribution < 1.29 is 4.79 Å². The van der Waals surface area contributed by atoms with E-state index in [9.17, 15) is 4.79 Å². The van der Waals surface area contributed by atoms with E-state index in [4.69, 9.17) is 0 Å². The summed E-state index contributed by atoms with van der Waals surface area (Å²) < 4.78 is 0. The lowest BCUT2D eigenvalue weighted by atomic mass is 10.0. The van der Waals surface area contributed by atoms with E-state index in [0.717, 1.165) is 30.6 Å². The topological polar surface area (TPSA) is 61.0 Å². The summed E-state index contributed by atoms with van der Waals surface area (Å²) in [4.78, 5) is 14.5. The number of carbonyl (C=O) groups excluding carboxylic acids is 1. The Balaban J connectivity index is 0.00000196. The van der Waals surface area contributed by atoms with E-state index in [-0.39, 0.29) is 18.3 Å². The summed E-state index contributed by atoms with van der Waals surface area (Å²) in [7, 11) is 1.85. The molecule has 2 N–H and O–H groups in total. The smallest absolute Gasteiger partial charge is 0.274 e. The van der Waals surface area contributed by atoms with Crippen molar-refractivity contribution in [2.24, 2.45) is 0 Å². The third kappa shape index (κ3) is 3.45. The molecular weight excluding hydrogens is 348 g/mol. The van der Waals surface area contributed by atoms with Crippen molar-refractivity contribution in [3.05, 3.63) is 65.0 Å². The highest BCUT2D eigenvalue weighted by molar-refractivity contribution is 5.94. The Hall–Kier alpha value is -2.37. The van der Waals surface area contributed by atoms with E-state index in [0.29, 0.717) is 18.8 Å². The maximum absolute atomic E-state index is 12.8. The highest BCUT2D eigenvalue weighted by Gasteiger charge is 2.23. The largest absolute Gasteiger partial charge is 0.340 e. The van der Waals surface area contributed by atoms with Gasteiger partial charge in [-0.15, -0.1) is 12.4 Å². The van der Waals surface area contributed by atoms with Gasteiger partial charge in [-0.2, -0.15) is 5.10 Å². The predicted molar refractivity (Wildman–Crippen MR) is 106 cm³/mol. The molecule has 0 aliphatic carbocycles. The van der Waals surface area contributed by atoms with Gasteiger partial charge in [-0.05, 0) is 22.8 Å². The second-order valence-corrected chi connectivity index (χ2v) is 6.57. The fourth-order valence-corrected chi connectivity index (χ4v) is 3.48. The van der Waals surface area contributed by atoms with Crippen molar-refractivity contribution in [2.75, 3.05) is 20.1 Å². The van der Waals surface area contributed by atoms with Crippen molar-refractivity contribution in [3.8, 4) is 0 Å². The zero-order chi connectivity index (χ0) is 17.2. The molecule has 0 saturated heterocycles. The standard InChI is InChI=1S/C20H22N4O.ClH/c1-24(20(25)19-17-13-21-11-9-18(17)22-23-19)12-10-15-7-4-6-14-5-2-3-8-16(14)15;/h2-8,21H,9-13H2,1H3,(H,22,23);1H. The highest BCUT2D eigenvalue weighted by Crippen LogP contribution is 2.20. The quantitative estimate of drug-likeness (QED) is 0.742.